The fourth-order valence-corrected chi connectivity index (χ4v) is 5.35. The van der Waals surface area contributed by atoms with E-state index in [4.69, 9.17) is 19.9 Å². The van der Waals surface area contributed by atoms with E-state index in [1.54, 1.807) is 41.5 Å². The molecule has 53 heavy (non-hydrogen) atoms. The van der Waals surface area contributed by atoms with E-state index < -0.39 is 53.3 Å². The van der Waals surface area contributed by atoms with Crippen LogP contribution in [-0.4, -0.2) is 65.7 Å². The Morgan fingerprint density at radius 3 is 1.96 bits per heavy atom. The molecule has 3 rings (SSSR count). The molecular formula is C41H56N4O8. The number of carbonyl (C=O) groups is 5. The molecule has 0 spiro atoms. The van der Waals surface area contributed by atoms with Crippen LogP contribution in [0.15, 0.2) is 66.7 Å². The molecule has 288 valence electrons. The summed E-state index contributed by atoms with van der Waals surface area (Å²) in [4.78, 5) is 64.8. The molecule has 12 heteroatoms. The summed E-state index contributed by atoms with van der Waals surface area (Å²) in [6.45, 7) is 12.6. The topological polar surface area (TPSA) is 175 Å². The Labute approximate surface area is 312 Å². The van der Waals surface area contributed by atoms with E-state index in [-0.39, 0.29) is 31.8 Å². The summed E-state index contributed by atoms with van der Waals surface area (Å²) in [6, 6.07) is 17.6. The van der Waals surface area contributed by atoms with Gasteiger partial charge in [0.15, 0.2) is 0 Å². The Hall–Kier alpha value is -4.97. The minimum atomic E-state index is -1.21. The molecule has 5 N–H and O–H groups in total. The van der Waals surface area contributed by atoms with Crippen molar-refractivity contribution >= 4 is 40.6 Å². The van der Waals surface area contributed by atoms with Crippen LogP contribution in [0.1, 0.15) is 90.3 Å². The van der Waals surface area contributed by atoms with E-state index in [2.05, 4.69) is 16.0 Å². The Balaban J connectivity index is 1.57. The Morgan fingerprint density at radius 1 is 0.717 bits per heavy atom. The summed E-state index contributed by atoms with van der Waals surface area (Å²) in [6.07, 6.45) is 1.28. The number of aryl methyl sites for hydroxylation is 1. The van der Waals surface area contributed by atoms with Crippen LogP contribution >= 0.6 is 0 Å². The van der Waals surface area contributed by atoms with Crippen molar-refractivity contribution in [1.82, 2.24) is 16.0 Å². The van der Waals surface area contributed by atoms with Crippen molar-refractivity contribution in [2.75, 3.05) is 6.54 Å². The fraction of sp³-hybridized carbons (Fsp3) is 0.488. The summed E-state index contributed by atoms with van der Waals surface area (Å²) in [5.41, 5.74) is 7.42. The van der Waals surface area contributed by atoms with Crippen LogP contribution in [0.25, 0.3) is 10.8 Å². The molecule has 0 saturated carbocycles. The molecule has 3 unspecified atom stereocenters. The first-order chi connectivity index (χ1) is 24.9. The van der Waals surface area contributed by atoms with Crippen LogP contribution < -0.4 is 21.7 Å². The summed E-state index contributed by atoms with van der Waals surface area (Å²) in [5, 5.41) is 10.3. The third-order valence-corrected chi connectivity index (χ3v) is 7.97. The third kappa shape index (κ3) is 16.1. The maximum Gasteiger partial charge on any atom is 0.329 e. The number of fused-ring (bicyclic) bond motifs is 1. The van der Waals surface area contributed by atoms with Gasteiger partial charge in [0.25, 0.3) is 0 Å². The number of nitrogens with one attached hydrogen (secondary N) is 3. The zero-order valence-corrected chi connectivity index (χ0v) is 32.1. The monoisotopic (exact) mass is 732 g/mol. The van der Waals surface area contributed by atoms with Crippen molar-refractivity contribution in [1.29, 1.82) is 0 Å². The number of benzene rings is 3. The average Bonchev–Trinajstić information content (AvgIpc) is 3.07. The highest BCUT2D eigenvalue weighted by Gasteiger charge is 2.30. The maximum absolute atomic E-state index is 13.3. The second-order valence-corrected chi connectivity index (χ2v) is 15.3. The highest BCUT2D eigenvalue weighted by molar-refractivity contribution is 5.88. The number of hydrogen-bond acceptors (Lipinski definition) is 9. The van der Waals surface area contributed by atoms with E-state index in [0.717, 1.165) is 27.5 Å². The second kappa shape index (κ2) is 19.8. The number of esters is 3. The van der Waals surface area contributed by atoms with Crippen molar-refractivity contribution in [3.63, 3.8) is 0 Å². The molecule has 0 bridgehead atoms. The van der Waals surface area contributed by atoms with Crippen molar-refractivity contribution in [3.05, 3.63) is 83.4 Å². The van der Waals surface area contributed by atoms with Gasteiger partial charge in [-0.3, -0.25) is 9.59 Å². The molecular weight excluding hydrogens is 676 g/mol. The summed E-state index contributed by atoms with van der Waals surface area (Å²) in [5.74, 6) is -2.22. The van der Waals surface area contributed by atoms with Gasteiger partial charge in [0.1, 0.15) is 29.9 Å². The first-order valence-electron chi connectivity index (χ1n) is 18.1. The lowest BCUT2D eigenvalue weighted by molar-refractivity contribution is -0.157. The van der Waals surface area contributed by atoms with Gasteiger partial charge in [-0.2, -0.15) is 0 Å². The van der Waals surface area contributed by atoms with Gasteiger partial charge < -0.3 is 35.9 Å². The van der Waals surface area contributed by atoms with Crippen LogP contribution in [0.4, 0.5) is 4.79 Å². The summed E-state index contributed by atoms with van der Waals surface area (Å²) in [7, 11) is 0. The van der Waals surface area contributed by atoms with Gasteiger partial charge in [-0.1, -0.05) is 72.3 Å². The number of ether oxygens (including phenoxy) is 3. The van der Waals surface area contributed by atoms with Gasteiger partial charge in [0, 0.05) is 13.0 Å². The van der Waals surface area contributed by atoms with Gasteiger partial charge in [0.05, 0.1) is 6.04 Å². The fourth-order valence-electron chi connectivity index (χ4n) is 5.35. The predicted molar refractivity (Wildman–Crippen MR) is 204 cm³/mol. The molecule has 0 heterocycles. The largest absolute Gasteiger partial charge is 0.460 e. The molecule has 0 aliphatic rings. The first-order valence-corrected chi connectivity index (χ1v) is 18.1. The zero-order valence-electron chi connectivity index (χ0n) is 32.1. The van der Waals surface area contributed by atoms with E-state index >= 15 is 0 Å². The highest BCUT2D eigenvalue weighted by Crippen LogP contribution is 2.17. The average molecular weight is 733 g/mol. The normalized spacial score (nSPS) is 13.3. The number of nitrogens with two attached hydrogens (primary N) is 1. The molecule has 0 aliphatic heterocycles. The van der Waals surface area contributed by atoms with Crippen LogP contribution in [0.2, 0.25) is 0 Å². The number of carbonyl (C=O) groups excluding carboxylic acids is 5. The van der Waals surface area contributed by atoms with Crippen molar-refractivity contribution < 1.29 is 38.2 Å². The second-order valence-electron chi connectivity index (χ2n) is 15.3. The van der Waals surface area contributed by atoms with Gasteiger partial charge in [-0.15, -0.1) is 0 Å². The third-order valence-electron chi connectivity index (χ3n) is 7.97. The molecule has 0 fully saturated rings. The summed E-state index contributed by atoms with van der Waals surface area (Å²) < 4.78 is 16.4. The SMILES string of the molecule is Cc1ccc(COC(=O)C(CCC(=O)OC(C)(C)C)NC(=O)NC(CCCCNC(=O)C(N)Cc2ccc3ccccc3c2)C(=O)OC(C)(C)C)cc1. The number of unbranched alkanes of at least 4 members (excludes halogenated alkanes) is 1. The minimum Gasteiger partial charge on any atom is -0.460 e. The van der Waals surface area contributed by atoms with Gasteiger partial charge in [-0.25, -0.2) is 14.4 Å². The lowest BCUT2D eigenvalue weighted by atomic mass is 10.0. The van der Waals surface area contributed by atoms with Crippen LogP contribution in [0.5, 0.6) is 0 Å². The molecule has 0 radical (unpaired) electrons. The molecule has 12 nitrogen and oxygen atoms in total. The molecule has 0 aliphatic carbocycles. The van der Waals surface area contributed by atoms with E-state index in [1.165, 1.54) is 0 Å². The van der Waals surface area contributed by atoms with Crippen LogP contribution in [0.3, 0.4) is 0 Å². The standard InChI is InChI=1S/C41H56N4O8/c1-27-15-17-28(18-16-27)26-51-37(48)34(21-22-35(46)52-40(2,3)4)45-39(50)44-33(38(49)53-41(5,6)7)14-10-11-23-43-36(47)32(42)25-29-19-20-30-12-8-9-13-31(30)24-29/h8-9,12-13,15-20,24,32-34H,10-11,14,21-23,25-26,42H2,1-7H3,(H,43,47)(H2,44,45,50). The smallest absolute Gasteiger partial charge is 0.329 e. The van der Waals surface area contributed by atoms with Crippen LogP contribution in [-0.2, 0) is 46.4 Å². The molecule has 3 aromatic carbocycles. The van der Waals surface area contributed by atoms with Gasteiger partial charge >= 0.3 is 23.9 Å². The van der Waals surface area contributed by atoms with Crippen LogP contribution in [0, 0.1) is 6.92 Å². The predicted octanol–water partition coefficient (Wildman–Crippen LogP) is 5.55. The van der Waals surface area contributed by atoms with E-state index in [0.29, 0.717) is 25.8 Å². The van der Waals surface area contributed by atoms with Crippen molar-refractivity contribution in [3.8, 4) is 0 Å². The number of amides is 3. The van der Waals surface area contributed by atoms with Crippen molar-refractivity contribution in [2.24, 2.45) is 5.73 Å². The first kappa shape index (κ1) is 42.4. The summed E-state index contributed by atoms with van der Waals surface area (Å²) >= 11 is 0. The lowest BCUT2D eigenvalue weighted by Crippen LogP contribution is -2.52. The Kier molecular flexibility index (Phi) is 15.8. The Bertz CT molecular complexity index is 1690. The molecule has 0 saturated heterocycles. The molecule has 3 atom stereocenters. The maximum atomic E-state index is 13.3. The van der Waals surface area contributed by atoms with Crippen molar-refractivity contribution in [2.45, 2.75) is 123 Å². The zero-order chi connectivity index (χ0) is 39.2. The quantitative estimate of drug-likeness (QED) is 0.0788. The number of rotatable bonds is 17. The van der Waals surface area contributed by atoms with E-state index in [9.17, 15) is 24.0 Å². The molecule has 3 aromatic rings. The number of urea groups is 1. The molecule has 3 amide bonds. The van der Waals surface area contributed by atoms with Gasteiger partial charge in [0.2, 0.25) is 5.91 Å². The molecule has 0 aromatic heterocycles. The lowest BCUT2D eigenvalue weighted by Gasteiger charge is -2.26. The van der Waals surface area contributed by atoms with E-state index in [1.807, 2.05) is 73.7 Å². The van der Waals surface area contributed by atoms with Gasteiger partial charge in [-0.05, 0) is 102 Å². The number of hydrogen-bond donors (Lipinski definition) is 4. The highest BCUT2D eigenvalue weighted by atomic mass is 16.6. The minimum absolute atomic E-state index is 0.0310. The Morgan fingerprint density at radius 2 is 1.32 bits per heavy atom.